The lowest BCUT2D eigenvalue weighted by atomic mass is 9.70. The molecule has 1 aliphatic rings. The highest BCUT2D eigenvalue weighted by molar-refractivity contribution is 7.90. The van der Waals surface area contributed by atoms with Gasteiger partial charge in [0.05, 0.1) is 0 Å². The molecule has 0 aromatic heterocycles. The van der Waals surface area contributed by atoms with Crippen molar-refractivity contribution in [1.82, 2.24) is 0 Å². The van der Waals surface area contributed by atoms with Crippen LogP contribution in [-0.2, 0) is 9.84 Å². The molecule has 17 heavy (non-hydrogen) atoms. The van der Waals surface area contributed by atoms with E-state index in [9.17, 15) is 8.42 Å². The maximum absolute atomic E-state index is 11.1. The van der Waals surface area contributed by atoms with E-state index in [1.807, 2.05) is 0 Å². The second kappa shape index (κ2) is 5.70. The molecule has 1 aliphatic carbocycles. The molecule has 2 N–H and O–H groups in total. The van der Waals surface area contributed by atoms with E-state index in [0.717, 1.165) is 19.3 Å². The lowest BCUT2D eigenvalue weighted by molar-refractivity contribution is 0.174. The zero-order valence-corrected chi connectivity index (χ0v) is 12.2. The predicted octanol–water partition coefficient (Wildman–Crippen LogP) is 2.35. The van der Waals surface area contributed by atoms with Crippen molar-refractivity contribution in [3.63, 3.8) is 0 Å². The molecule has 0 saturated heterocycles. The quantitative estimate of drug-likeness (QED) is 0.826. The summed E-state index contributed by atoms with van der Waals surface area (Å²) >= 11 is 0. The Morgan fingerprint density at radius 2 is 2.06 bits per heavy atom. The summed E-state index contributed by atoms with van der Waals surface area (Å²) in [5.41, 5.74) is 6.31. The van der Waals surface area contributed by atoms with Gasteiger partial charge < -0.3 is 5.73 Å². The monoisotopic (exact) mass is 261 g/mol. The van der Waals surface area contributed by atoms with Crippen molar-refractivity contribution >= 4 is 9.84 Å². The molecule has 1 rings (SSSR count). The summed E-state index contributed by atoms with van der Waals surface area (Å²) in [5.74, 6) is 1.68. The fraction of sp³-hybridized carbons (Fsp3) is 1.00. The SMILES string of the molecule is CC(C)C1CCCC(N)(CCCS(C)(=O)=O)C1. The predicted molar refractivity (Wildman–Crippen MR) is 72.7 cm³/mol. The topological polar surface area (TPSA) is 60.2 Å². The summed E-state index contributed by atoms with van der Waals surface area (Å²) in [6, 6.07) is 0. The van der Waals surface area contributed by atoms with Crippen LogP contribution in [0.25, 0.3) is 0 Å². The number of hydrogen-bond acceptors (Lipinski definition) is 3. The van der Waals surface area contributed by atoms with Crippen molar-refractivity contribution in [3.05, 3.63) is 0 Å². The fourth-order valence-corrected chi connectivity index (χ4v) is 3.59. The maximum Gasteiger partial charge on any atom is 0.147 e. The van der Waals surface area contributed by atoms with E-state index in [1.54, 1.807) is 0 Å². The summed E-state index contributed by atoms with van der Waals surface area (Å²) in [6.45, 7) is 4.51. The number of rotatable bonds is 5. The summed E-state index contributed by atoms with van der Waals surface area (Å²) in [7, 11) is -2.84. The molecule has 2 atom stereocenters. The molecular weight excluding hydrogens is 234 g/mol. The Morgan fingerprint density at radius 1 is 1.41 bits per heavy atom. The van der Waals surface area contributed by atoms with E-state index in [1.165, 1.54) is 19.1 Å². The first-order valence-corrected chi connectivity index (χ1v) is 8.74. The lowest BCUT2D eigenvalue weighted by Gasteiger charge is -2.39. The van der Waals surface area contributed by atoms with Gasteiger partial charge in [0.1, 0.15) is 9.84 Å². The standard InChI is InChI=1S/C13H27NO2S/c1-11(2)12-6-4-7-13(14,10-12)8-5-9-17(3,15)16/h11-12H,4-10,14H2,1-3H3. The smallest absolute Gasteiger partial charge is 0.147 e. The van der Waals surface area contributed by atoms with E-state index in [-0.39, 0.29) is 11.3 Å². The molecule has 0 radical (unpaired) electrons. The molecule has 0 amide bonds. The minimum absolute atomic E-state index is 0.113. The van der Waals surface area contributed by atoms with E-state index in [2.05, 4.69) is 13.8 Å². The van der Waals surface area contributed by atoms with Crippen molar-refractivity contribution in [2.24, 2.45) is 17.6 Å². The molecule has 0 aromatic rings. The normalized spacial score (nSPS) is 30.8. The van der Waals surface area contributed by atoms with Crippen molar-refractivity contribution < 1.29 is 8.42 Å². The van der Waals surface area contributed by atoms with Crippen LogP contribution in [0.5, 0.6) is 0 Å². The van der Waals surface area contributed by atoms with Gasteiger partial charge in [-0.2, -0.15) is 0 Å². The zero-order valence-electron chi connectivity index (χ0n) is 11.4. The second-order valence-corrected chi connectivity index (χ2v) is 8.46. The minimum atomic E-state index is -2.84. The highest BCUT2D eigenvalue weighted by atomic mass is 32.2. The molecule has 2 unspecified atom stereocenters. The average Bonchev–Trinajstić information content (AvgIpc) is 2.15. The van der Waals surface area contributed by atoms with Gasteiger partial charge in [-0.25, -0.2) is 8.42 Å². The van der Waals surface area contributed by atoms with Crippen molar-refractivity contribution in [3.8, 4) is 0 Å². The first kappa shape index (κ1) is 15.0. The van der Waals surface area contributed by atoms with Gasteiger partial charge in [-0.1, -0.05) is 26.7 Å². The van der Waals surface area contributed by atoms with E-state index >= 15 is 0 Å². The first-order valence-electron chi connectivity index (χ1n) is 6.68. The molecule has 0 aromatic carbocycles. The third-order valence-electron chi connectivity index (χ3n) is 4.05. The third-order valence-corrected chi connectivity index (χ3v) is 5.08. The van der Waals surface area contributed by atoms with Gasteiger partial charge in [0.2, 0.25) is 0 Å². The summed E-state index contributed by atoms with van der Waals surface area (Å²) in [6.07, 6.45) is 7.45. The molecule has 1 saturated carbocycles. The van der Waals surface area contributed by atoms with Gasteiger partial charge in [0, 0.05) is 17.5 Å². The van der Waals surface area contributed by atoms with Crippen LogP contribution in [0.4, 0.5) is 0 Å². The van der Waals surface area contributed by atoms with Crippen LogP contribution < -0.4 is 5.73 Å². The van der Waals surface area contributed by atoms with Crippen LogP contribution in [-0.4, -0.2) is 26.0 Å². The van der Waals surface area contributed by atoms with Gasteiger partial charge in [-0.15, -0.1) is 0 Å². The Labute approximate surface area is 106 Å². The maximum atomic E-state index is 11.1. The van der Waals surface area contributed by atoms with Crippen molar-refractivity contribution in [1.29, 1.82) is 0 Å². The van der Waals surface area contributed by atoms with Gasteiger partial charge in [0.15, 0.2) is 0 Å². The largest absolute Gasteiger partial charge is 0.325 e. The Hall–Kier alpha value is -0.0900. The molecule has 0 bridgehead atoms. The number of hydrogen-bond donors (Lipinski definition) is 1. The zero-order chi connectivity index (χ0) is 13.1. The summed E-state index contributed by atoms with van der Waals surface area (Å²) in [5, 5.41) is 0. The van der Waals surface area contributed by atoms with Crippen LogP contribution in [0.2, 0.25) is 0 Å². The van der Waals surface area contributed by atoms with Crippen LogP contribution in [0.15, 0.2) is 0 Å². The van der Waals surface area contributed by atoms with E-state index in [0.29, 0.717) is 18.3 Å². The molecule has 4 heteroatoms. The molecule has 0 spiro atoms. The highest BCUT2D eigenvalue weighted by Crippen LogP contribution is 2.37. The van der Waals surface area contributed by atoms with Gasteiger partial charge in [0.25, 0.3) is 0 Å². The Morgan fingerprint density at radius 3 is 2.59 bits per heavy atom. The van der Waals surface area contributed by atoms with Crippen molar-refractivity contribution in [2.45, 2.75) is 57.9 Å². The number of nitrogens with two attached hydrogens (primary N) is 1. The van der Waals surface area contributed by atoms with E-state index < -0.39 is 9.84 Å². The Kier molecular flexibility index (Phi) is 5.02. The Bertz CT molecular complexity index is 337. The summed E-state index contributed by atoms with van der Waals surface area (Å²) < 4.78 is 22.2. The van der Waals surface area contributed by atoms with E-state index in [4.69, 9.17) is 5.73 Å². The Balaban J connectivity index is 2.45. The second-order valence-electron chi connectivity index (χ2n) is 6.20. The molecule has 0 aliphatic heterocycles. The van der Waals surface area contributed by atoms with Crippen molar-refractivity contribution in [2.75, 3.05) is 12.0 Å². The van der Waals surface area contributed by atoms with Crippen LogP contribution in [0.1, 0.15) is 52.4 Å². The minimum Gasteiger partial charge on any atom is -0.325 e. The molecule has 1 fully saturated rings. The van der Waals surface area contributed by atoms with Gasteiger partial charge in [-0.05, 0) is 37.5 Å². The number of sulfone groups is 1. The average molecular weight is 261 g/mol. The third kappa shape index (κ3) is 5.38. The lowest BCUT2D eigenvalue weighted by Crippen LogP contribution is -2.45. The molecular formula is C13H27NO2S. The molecule has 3 nitrogen and oxygen atoms in total. The highest BCUT2D eigenvalue weighted by Gasteiger charge is 2.33. The molecule has 0 heterocycles. The van der Waals surface area contributed by atoms with Crippen LogP contribution in [0, 0.1) is 11.8 Å². The van der Waals surface area contributed by atoms with Crippen LogP contribution in [0.3, 0.4) is 0 Å². The molecule has 102 valence electrons. The van der Waals surface area contributed by atoms with Crippen LogP contribution >= 0.6 is 0 Å². The fourth-order valence-electron chi connectivity index (χ4n) is 2.93. The van der Waals surface area contributed by atoms with Gasteiger partial charge in [-0.3, -0.25) is 0 Å². The first-order chi connectivity index (χ1) is 7.72. The summed E-state index contributed by atoms with van der Waals surface area (Å²) in [4.78, 5) is 0. The van der Waals surface area contributed by atoms with Gasteiger partial charge >= 0.3 is 0 Å².